The summed E-state index contributed by atoms with van der Waals surface area (Å²) in [5.74, 6) is 2.59. The van der Waals surface area contributed by atoms with Gasteiger partial charge in [0.05, 0.1) is 30.2 Å². The van der Waals surface area contributed by atoms with Crippen LogP contribution in [0.25, 0.3) is 0 Å². The molecule has 4 N–H and O–H groups in total. The normalized spacial score (nSPS) is 48.7. The highest BCUT2D eigenvalue weighted by atomic mass is 33.1. The van der Waals surface area contributed by atoms with Crippen molar-refractivity contribution in [1.82, 2.24) is 9.55 Å². The van der Waals surface area contributed by atoms with E-state index in [0.29, 0.717) is 23.7 Å². The third kappa shape index (κ3) is 5.61. The molecule has 1 aromatic rings. The molecule has 1 aliphatic heterocycles. The number of allylic oxidation sites excluding steroid dienone is 3. The van der Waals surface area contributed by atoms with Crippen molar-refractivity contribution in [3.63, 3.8) is 0 Å². The number of fused-ring (bicyclic) bond motifs is 14. The molecular weight excluding hydrogens is 773 g/mol. The van der Waals surface area contributed by atoms with E-state index in [1.807, 2.05) is 40.2 Å². The molecule has 9 aliphatic carbocycles. The maximum atomic E-state index is 14.3. The Morgan fingerprint density at radius 1 is 0.831 bits per heavy atom. The molecule has 59 heavy (non-hydrogen) atoms. The molecule has 1 aromatic heterocycles. The highest BCUT2D eigenvalue weighted by molar-refractivity contribution is 8.76. The first-order valence-corrected chi connectivity index (χ1v) is 26.4. The topological polar surface area (TPSA) is 116 Å². The van der Waals surface area contributed by atoms with Crippen molar-refractivity contribution < 1.29 is 25.2 Å². The van der Waals surface area contributed by atoms with E-state index >= 15 is 0 Å². The van der Waals surface area contributed by atoms with Gasteiger partial charge in [-0.05, 0) is 148 Å². The molecule has 7 nitrogen and oxygen atoms in total. The van der Waals surface area contributed by atoms with Gasteiger partial charge < -0.3 is 25.0 Å². The average molecular weight is 843 g/mol. The number of aliphatic hydroxyl groups excluding tert-OH is 3. The van der Waals surface area contributed by atoms with Crippen molar-refractivity contribution in [2.24, 2.45) is 69.0 Å². The molecule has 322 valence electrons. The molecule has 11 rings (SSSR count). The molecule has 0 unspecified atom stereocenters. The summed E-state index contributed by atoms with van der Waals surface area (Å²) in [7, 11) is 3.84. The fourth-order valence-electron chi connectivity index (χ4n) is 17.8. The lowest BCUT2D eigenvalue weighted by Gasteiger charge is -2.62. The van der Waals surface area contributed by atoms with Crippen LogP contribution in [-0.2, 0) is 4.79 Å². The standard InChI is InChI=1S/C50H70N2O5S2/c1-46(2)23-30(52-18-17-51-27-52)26-59-58-25-29-20-35(48(4)16-12-34-36(50(29,48)57)21-38(53)37-22-39(54)40(55)24-47(34,37)3)33-19-28-9-7-10-31-41(28)42(45(33)56)44(46)32-11-8-15-49(43(31)32)13-5-6-14-49/h17-18,21,27-30,33-35,37,39-40,42-43,45,54-57H,5-16,19-20,22-26H2,1-4H3/t28-,29+,30+,33-,34-,35+,37-,39+,40-,42+,43-,45-,47+,48+,50+/m0/s1. The first-order chi connectivity index (χ1) is 28.2. The predicted molar refractivity (Wildman–Crippen MR) is 235 cm³/mol. The molecular formula is C50H70N2O5S2. The van der Waals surface area contributed by atoms with Gasteiger partial charge in [0.2, 0.25) is 0 Å². The van der Waals surface area contributed by atoms with Gasteiger partial charge in [0.1, 0.15) is 0 Å². The smallest absolute Gasteiger partial charge is 0.159 e. The average Bonchev–Trinajstić information content (AvgIpc) is 3.95. The van der Waals surface area contributed by atoms with Crippen LogP contribution in [0.5, 0.6) is 0 Å². The van der Waals surface area contributed by atoms with Crippen molar-refractivity contribution >= 4 is 27.4 Å². The minimum absolute atomic E-state index is 0.0191. The Kier molecular flexibility index (Phi) is 9.64. The predicted octanol–water partition coefficient (Wildman–Crippen LogP) is 9.43. The molecule has 7 fully saturated rings. The molecule has 1 spiro atoms. The molecule has 4 bridgehead atoms. The lowest BCUT2D eigenvalue weighted by atomic mass is 9.44. The van der Waals surface area contributed by atoms with E-state index in [2.05, 4.69) is 43.4 Å². The molecule has 9 heteroatoms. The summed E-state index contributed by atoms with van der Waals surface area (Å²) in [5.41, 5.74) is 5.74. The van der Waals surface area contributed by atoms with E-state index < -0.39 is 34.7 Å². The SMILES string of the molecule is CC1(C)C[C@@H](n2ccnc2)CSSC[C@H]2C[C@H]([C@@H]3C[C@@H]4CCCC5=C4[C@H](C1=C1CCCC4(CCCC4)[C@@H]51)[C@H]3O)[C@@]1(C)CC[C@H]3C(=CC(=O)[C@@H]4C[C@@H](O)[C@@H](O)C[C@@]43C)[C@]21O. The van der Waals surface area contributed by atoms with Crippen LogP contribution in [0.4, 0.5) is 0 Å². The van der Waals surface area contributed by atoms with Crippen LogP contribution in [-0.4, -0.2) is 71.2 Å². The van der Waals surface area contributed by atoms with Crippen LogP contribution in [0.1, 0.15) is 143 Å². The Morgan fingerprint density at radius 3 is 2.37 bits per heavy atom. The first-order valence-electron chi connectivity index (χ1n) is 23.9. The summed E-state index contributed by atoms with van der Waals surface area (Å²) >= 11 is 0. The number of hydrogen-bond donors (Lipinski definition) is 4. The minimum atomic E-state index is -1.19. The number of imidazole rings is 1. The minimum Gasteiger partial charge on any atom is -0.392 e. The molecule has 0 amide bonds. The summed E-state index contributed by atoms with van der Waals surface area (Å²) in [6, 6.07) is 0.241. The van der Waals surface area contributed by atoms with Crippen LogP contribution < -0.4 is 0 Å². The highest BCUT2D eigenvalue weighted by Gasteiger charge is 2.71. The quantitative estimate of drug-likeness (QED) is 0.163. The van der Waals surface area contributed by atoms with E-state index in [1.54, 1.807) is 22.3 Å². The van der Waals surface area contributed by atoms with E-state index in [9.17, 15) is 25.2 Å². The molecule has 15 atom stereocenters. The number of carbonyl (C=O) groups excluding carboxylic acids is 1. The van der Waals surface area contributed by atoms with Gasteiger partial charge >= 0.3 is 0 Å². The first kappa shape index (κ1) is 40.4. The van der Waals surface area contributed by atoms with Gasteiger partial charge in [0.25, 0.3) is 0 Å². The van der Waals surface area contributed by atoms with Crippen LogP contribution >= 0.6 is 21.6 Å². The second kappa shape index (κ2) is 14.1. The second-order valence-corrected chi connectivity index (χ2v) is 25.6. The van der Waals surface area contributed by atoms with Crippen molar-refractivity contribution in [2.75, 3.05) is 11.5 Å². The fourth-order valence-corrected chi connectivity index (χ4v) is 20.5. The zero-order valence-corrected chi connectivity index (χ0v) is 37.7. The summed E-state index contributed by atoms with van der Waals surface area (Å²) in [4.78, 5) is 18.9. The third-order valence-electron chi connectivity index (χ3n) is 20.1. The number of nitrogens with zero attached hydrogens (tertiary/aromatic N) is 2. The fraction of sp³-hybridized carbons (Fsp3) is 0.800. The van der Waals surface area contributed by atoms with Gasteiger partial charge in [0, 0.05) is 59.0 Å². The summed E-state index contributed by atoms with van der Waals surface area (Å²) in [5, 5.41) is 49.4. The van der Waals surface area contributed by atoms with Gasteiger partial charge in [-0.1, -0.05) is 84.4 Å². The van der Waals surface area contributed by atoms with Crippen molar-refractivity contribution in [2.45, 2.75) is 167 Å². The van der Waals surface area contributed by atoms with Gasteiger partial charge in [-0.25, -0.2) is 4.98 Å². The Balaban J connectivity index is 1.07. The number of rotatable bonds is 1. The van der Waals surface area contributed by atoms with Crippen LogP contribution in [0.2, 0.25) is 0 Å². The number of aliphatic hydroxyl groups is 4. The lowest BCUT2D eigenvalue weighted by molar-refractivity contribution is -0.160. The van der Waals surface area contributed by atoms with Crippen LogP contribution in [0.15, 0.2) is 52.7 Å². The van der Waals surface area contributed by atoms with Crippen LogP contribution in [0, 0.1) is 69.0 Å². The molecule has 0 aromatic carbocycles. The second-order valence-electron chi connectivity index (χ2n) is 23.0. The van der Waals surface area contributed by atoms with Crippen molar-refractivity contribution in [3.8, 4) is 0 Å². The summed E-state index contributed by atoms with van der Waals surface area (Å²) in [6.45, 7) is 9.58. The van der Waals surface area contributed by atoms with Crippen LogP contribution in [0.3, 0.4) is 0 Å². The van der Waals surface area contributed by atoms with Gasteiger partial charge in [0.15, 0.2) is 5.78 Å². The molecule has 6 saturated carbocycles. The van der Waals surface area contributed by atoms with Gasteiger partial charge in [-0.3, -0.25) is 4.79 Å². The van der Waals surface area contributed by atoms with Gasteiger partial charge in [-0.15, -0.1) is 0 Å². The molecule has 10 aliphatic rings. The zero-order valence-electron chi connectivity index (χ0n) is 36.1. The Morgan fingerprint density at radius 2 is 1.59 bits per heavy atom. The van der Waals surface area contributed by atoms with Crippen molar-refractivity contribution in [3.05, 3.63) is 52.7 Å². The zero-order chi connectivity index (χ0) is 40.9. The molecule has 1 saturated heterocycles. The number of hydrogen-bond acceptors (Lipinski definition) is 8. The van der Waals surface area contributed by atoms with Crippen molar-refractivity contribution in [1.29, 1.82) is 0 Å². The van der Waals surface area contributed by atoms with E-state index in [1.165, 1.54) is 64.2 Å². The Hall–Kier alpha value is -1.36. The number of ketones is 1. The Labute approximate surface area is 360 Å². The summed E-state index contributed by atoms with van der Waals surface area (Å²) < 4.78 is 2.34. The molecule has 2 heterocycles. The summed E-state index contributed by atoms with van der Waals surface area (Å²) in [6.07, 6.45) is 23.8. The maximum Gasteiger partial charge on any atom is 0.159 e. The van der Waals surface area contributed by atoms with Gasteiger partial charge in [-0.2, -0.15) is 0 Å². The van der Waals surface area contributed by atoms with E-state index in [-0.39, 0.29) is 59.2 Å². The Bertz CT molecular complexity index is 1970. The largest absolute Gasteiger partial charge is 0.392 e. The monoisotopic (exact) mass is 842 g/mol. The maximum absolute atomic E-state index is 14.3. The number of carbonyl (C=O) groups is 1. The van der Waals surface area contributed by atoms with E-state index in [0.717, 1.165) is 49.2 Å². The lowest BCUT2D eigenvalue weighted by Crippen LogP contribution is -2.63. The third-order valence-corrected chi connectivity index (χ3v) is 22.7. The molecule has 0 radical (unpaired) electrons. The van der Waals surface area contributed by atoms with E-state index in [4.69, 9.17) is 0 Å². The number of aromatic nitrogens is 2. The highest BCUT2D eigenvalue weighted by Crippen LogP contribution is 2.73.